The molecule has 0 radical (unpaired) electrons. The van der Waals surface area contributed by atoms with Crippen LogP contribution in [0.1, 0.15) is 21.5 Å². The molecule has 0 fully saturated rings. The van der Waals surface area contributed by atoms with Crippen LogP contribution in [0, 0.1) is 11.3 Å². The molecular weight excluding hydrogens is 254 g/mol. The molecule has 2 aromatic rings. The first-order chi connectivity index (χ1) is 9.65. The van der Waals surface area contributed by atoms with Gasteiger partial charge in [0.2, 0.25) is 0 Å². The van der Waals surface area contributed by atoms with Crippen molar-refractivity contribution in [1.29, 1.82) is 5.26 Å². The number of carbonyl (C=O) groups excluding carboxylic acids is 1. The summed E-state index contributed by atoms with van der Waals surface area (Å²) in [6.07, 6.45) is 0. The highest BCUT2D eigenvalue weighted by molar-refractivity contribution is 5.95. The molecular formula is C15H13N3O2. The van der Waals surface area contributed by atoms with E-state index in [4.69, 9.17) is 21.5 Å². The Kier molecular flexibility index (Phi) is 3.99. The number of rotatable bonds is 4. The zero-order chi connectivity index (χ0) is 14.5. The number of benzene rings is 2. The summed E-state index contributed by atoms with van der Waals surface area (Å²) in [5.74, 6) is 0.0908. The normalized spacial score (nSPS) is 9.80. The van der Waals surface area contributed by atoms with E-state index in [9.17, 15) is 4.79 Å². The number of nitrogens with zero attached hydrogens (tertiary/aromatic N) is 1. The first kappa shape index (κ1) is 13.6. The highest BCUT2D eigenvalue weighted by Gasteiger charge is 2.11. The number of primary amides is 1. The van der Waals surface area contributed by atoms with Crippen molar-refractivity contribution in [2.45, 2.75) is 6.54 Å². The fourth-order valence-electron chi connectivity index (χ4n) is 1.76. The Hall–Kier alpha value is -2.84. The zero-order valence-corrected chi connectivity index (χ0v) is 10.7. The third-order valence-electron chi connectivity index (χ3n) is 2.77. The summed E-state index contributed by atoms with van der Waals surface area (Å²) in [5.41, 5.74) is 12.3. The number of hydrogen-bond donors (Lipinski definition) is 2. The molecule has 0 aliphatic rings. The minimum atomic E-state index is -0.585. The Bertz CT molecular complexity index is 690. The molecule has 0 saturated heterocycles. The van der Waals surface area contributed by atoms with Crippen molar-refractivity contribution in [1.82, 2.24) is 0 Å². The van der Waals surface area contributed by atoms with Gasteiger partial charge >= 0.3 is 0 Å². The maximum Gasteiger partial charge on any atom is 0.252 e. The molecule has 0 aliphatic heterocycles. The lowest BCUT2D eigenvalue weighted by Crippen LogP contribution is -2.12. The number of nitrogens with two attached hydrogens (primary N) is 2. The number of hydrogen-bond acceptors (Lipinski definition) is 4. The van der Waals surface area contributed by atoms with Crippen LogP contribution in [0.2, 0.25) is 0 Å². The van der Waals surface area contributed by atoms with E-state index in [1.54, 1.807) is 42.5 Å². The zero-order valence-electron chi connectivity index (χ0n) is 10.7. The third kappa shape index (κ3) is 2.76. The fourth-order valence-corrected chi connectivity index (χ4v) is 1.76. The second kappa shape index (κ2) is 5.87. The van der Waals surface area contributed by atoms with E-state index in [-0.39, 0.29) is 5.56 Å². The van der Waals surface area contributed by atoms with Gasteiger partial charge in [-0.2, -0.15) is 5.26 Å². The molecule has 1 amide bonds. The van der Waals surface area contributed by atoms with Gasteiger partial charge in [-0.3, -0.25) is 4.79 Å². The smallest absolute Gasteiger partial charge is 0.252 e. The van der Waals surface area contributed by atoms with Gasteiger partial charge in [0.1, 0.15) is 17.6 Å². The van der Waals surface area contributed by atoms with Crippen LogP contribution in [0.4, 0.5) is 0 Å². The number of para-hydroxylation sites is 1. The minimum absolute atomic E-state index is 0.263. The molecule has 0 atom stereocenters. The molecule has 5 nitrogen and oxygen atoms in total. The van der Waals surface area contributed by atoms with Crippen LogP contribution < -0.4 is 16.2 Å². The molecule has 0 spiro atoms. The van der Waals surface area contributed by atoms with E-state index in [0.717, 1.165) is 5.56 Å². The molecule has 0 unspecified atom stereocenters. The first-order valence-electron chi connectivity index (χ1n) is 5.95. The Morgan fingerprint density at radius 3 is 2.60 bits per heavy atom. The molecule has 2 aromatic carbocycles. The van der Waals surface area contributed by atoms with Crippen molar-refractivity contribution in [2.75, 3.05) is 0 Å². The van der Waals surface area contributed by atoms with Crippen LogP contribution in [0.15, 0.2) is 42.5 Å². The van der Waals surface area contributed by atoms with E-state index in [0.29, 0.717) is 23.6 Å². The summed E-state index contributed by atoms with van der Waals surface area (Å²) in [7, 11) is 0. The molecule has 0 aromatic heterocycles. The Balaban J connectivity index is 2.41. The molecule has 20 heavy (non-hydrogen) atoms. The maximum absolute atomic E-state index is 11.3. The largest absolute Gasteiger partial charge is 0.455 e. The monoisotopic (exact) mass is 267 g/mol. The van der Waals surface area contributed by atoms with Gasteiger partial charge in [0.25, 0.3) is 5.91 Å². The van der Waals surface area contributed by atoms with Crippen molar-refractivity contribution in [3.05, 3.63) is 59.2 Å². The van der Waals surface area contributed by atoms with Gasteiger partial charge in [-0.05, 0) is 29.8 Å². The summed E-state index contributed by atoms with van der Waals surface area (Å²) < 4.78 is 5.63. The van der Waals surface area contributed by atoms with Crippen LogP contribution in [-0.4, -0.2) is 5.91 Å². The highest BCUT2D eigenvalue weighted by Crippen LogP contribution is 2.28. The summed E-state index contributed by atoms with van der Waals surface area (Å²) in [5, 5.41) is 9.13. The van der Waals surface area contributed by atoms with Crippen LogP contribution >= 0.6 is 0 Å². The molecule has 100 valence electrons. The third-order valence-corrected chi connectivity index (χ3v) is 2.77. The standard InChI is InChI=1S/C15H13N3O2/c16-8-10-5-6-13(11(7-10)9-17)20-14-4-2-1-3-12(14)15(18)19/h1-7H,8,16H2,(H2,18,19). The lowest BCUT2D eigenvalue weighted by atomic mass is 10.1. The SMILES string of the molecule is N#Cc1cc(CN)ccc1Oc1ccccc1C(N)=O. The highest BCUT2D eigenvalue weighted by atomic mass is 16.5. The summed E-state index contributed by atoms with van der Waals surface area (Å²) in [4.78, 5) is 11.3. The van der Waals surface area contributed by atoms with Crippen molar-refractivity contribution in [3.63, 3.8) is 0 Å². The van der Waals surface area contributed by atoms with Gasteiger partial charge in [0.15, 0.2) is 0 Å². The molecule has 0 heterocycles. The second-order valence-corrected chi connectivity index (χ2v) is 4.11. The second-order valence-electron chi connectivity index (χ2n) is 4.11. The fraction of sp³-hybridized carbons (Fsp3) is 0.0667. The van der Waals surface area contributed by atoms with Gasteiger partial charge in [-0.1, -0.05) is 18.2 Å². The molecule has 0 saturated carbocycles. The number of nitriles is 1. The average Bonchev–Trinajstić information content (AvgIpc) is 2.48. The number of carbonyl (C=O) groups is 1. The molecule has 5 heteroatoms. The van der Waals surface area contributed by atoms with Crippen LogP contribution in [-0.2, 0) is 6.54 Å². The lowest BCUT2D eigenvalue weighted by molar-refractivity contribution is 0.0998. The van der Waals surface area contributed by atoms with E-state index < -0.39 is 5.91 Å². The molecule has 4 N–H and O–H groups in total. The van der Waals surface area contributed by atoms with Gasteiger partial charge in [-0.25, -0.2) is 0 Å². The minimum Gasteiger partial charge on any atom is -0.455 e. The van der Waals surface area contributed by atoms with Gasteiger partial charge in [0, 0.05) is 6.54 Å². The van der Waals surface area contributed by atoms with E-state index in [2.05, 4.69) is 0 Å². The van der Waals surface area contributed by atoms with Crippen molar-refractivity contribution >= 4 is 5.91 Å². The maximum atomic E-state index is 11.3. The number of amides is 1. The van der Waals surface area contributed by atoms with Gasteiger partial charge < -0.3 is 16.2 Å². The Labute approximate surface area is 116 Å². The Morgan fingerprint density at radius 1 is 1.20 bits per heavy atom. The van der Waals surface area contributed by atoms with Gasteiger partial charge in [-0.15, -0.1) is 0 Å². The molecule has 0 aliphatic carbocycles. The Morgan fingerprint density at radius 2 is 1.95 bits per heavy atom. The quantitative estimate of drug-likeness (QED) is 0.883. The van der Waals surface area contributed by atoms with E-state index in [1.807, 2.05) is 6.07 Å². The first-order valence-corrected chi connectivity index (χ1v) is 5.95. The van der Waals surface area contributed by atoms with Crippen molar-refractivity contribution in [2.24, 2.45) is 11.5 Å². The van der Waals surface area contributed by atoms with Crippen molar-refractivity contribution < 1.29 is 9.53 Å². The topological polar surface area (TPSA) is 102 Å². The summed E-state index contributed by atoms with van der Waals surface area (Å²) >= 11 is 0. The lowest BCUT2D eigenvalue weighted by Gasteiger charge is -2.11. The predicted molar refractivity (Wildman–Crippen MR) is 74.1 cm³/mol. The van der Waals surface area contributed by atoms with Crippen molar-refractivity contribution in [3.8, 4) is 17.6 Å². The van der Waals surface area contributed by atoms with E-state index >= 15 is 0 Å². The van der Waals surface area contributed by atoms with Gasteiger partial charge in [0.05, 0.1) is 11.1 Å². The van der Waals surface area contributed by atoms with Crippen LogP contribution in [0.25, 0.3) is 0 Å². The molecule has 0 bridgehead atoms. The average molecular weight is 267 g/mol. The predicted octanol–water partition coefficient (Wildman–Crippen LogP) is 1.91. The van der Waals surface area contributed by atoms with E-state index in [1.165, 1.54) is 0 Å². The number of ether oxygens (including phenoxy) is 1. The van der Waals surface area contributed by atoms with Crippen LogP contribution in [0.3, 0.4) is 0 Å². The molecule has 2 rings (SSSR count). The summed E-state index contributed by atoms with van der Waals surface area (Å²) in [6, 6.07) is 13.7. The van der Waals surface area contributed by atoms with Crippen LogP contribution in [0.5, 0.6) is 11.5 Å². The summed E-state index contributed by atoms with van der Waals surface area (Å²) in [6.45, 7) is 0.340.